The van der Waals surface area contributed by atoms with Gasteiger partial charge in [-0.15, -0.1) is 0 Å². The third kappa shape index (κ3) is 5.56. The van der Waals surface area contributed by atoms with Crippen molar-refractivity contribution in [2.24, 2.45) is 11.8 Å². The predicted octanol–water partition coefficient (Wildman–Crippen LogP) is 4.88. The van der Waals surface area contributed by atoms with Crippen LogP contribution in [0, 0.1) is 11.8 Å². The lowest BCUT2D eigenvalue weighted by Crippen LogP contribution is -2.76. The van der Waals surface area contributed by atoms with E-state index in [4.69, 9.17) is 9.47 Å². The number of carbonyl (C=O) groups excluding carboxylic acids is 4. The second kappa shape index (κ2) is 13.5. The number of hydrogen-bond donors (Lipinski definition) is 2. The highest BCUT2D eigenvalue weighted by Crippen LogP contribution is 2.69. The highest BCUT2D eigenvalue weighted by molar-refractivity contribution is 8.78. The summed E-state index contributed by atoms with van der Waals surface area (Å²) in [5, 5.41) is 21.3. The molecular weight excluding hydrogens is 629 g/mol. The molecule has 10 nitrogen and oxygen atoms in total. The van der Waals surface area contributed by atoms with Crippen molar-refractivity contribution in [3.05, 3.63) is 48.3 Å². The minimum absolute atomic E-state index is 0.0443. The van der Waals surface area contributed by atoms with Crippen LogP contribution < -0.4 is 0 Å². The molecule has 12 heteroatoms. The number of Topliss-reactive ketones (excluding diaryl/α,β-unsaturated/α-hetero) is 2. The van der Waals surface area contributed by atoms with Crippen LogP contribution >= 0.6 is 21.6 Å². The van der Waals surface area contributed by atoms with E-state index in [0.29, 0.717) is 24.0 Å². The molecule has 0 unspecified atom stereocenters. The van der Waals surface area contributed by atoms with E-state index in [0.717, 1.165) is 38.5 Å². The number of aliphatic hydroxyl groups is 2. The largest absolute Gasteiger partial charge is 0.473 e. The predicted molar refractivity (Wildman–Crippen MR) is 174 cm³/mol. The van der Waals surface area contributed by atoms with Crippen molar-refractivity contribution in [1.82, 2.24) is 9.80 Å². The van der Waals surface area contributed by atoms with Crippen LogP contribution in [0.15, 0.2) is 48.3 Å². The maximum Gasteiger partial charge on any atom is 0.262 e. The Labute approximate surface area is 278 Å². The van der Waals surface area contributed by atoms with Crippen molar-refractivity contribution in [1.29, 1.82) is 0 Å². The fourth-order valence-electron chi connectivity index (χ4n) is 7.87. The van der Waals surface area contributed by atoms with Gasteiger partial charge in [-0.25, -0.2) is 0 Å². The van der Waals surface area contributed by atoms with Crippen LogP contribution in [-0.2, 0) is 28.7 Å². The minimum atomic E-state index is -1.31. The Balaban J connectivity index is 1.29. The molecule has 7 rings (SSSR count). The maximum absolute atomic E-state index is 14.8. The number of fused-ring (bicyclic) bond motifs is 3. The Hall–Kier alpha value is -2.54. The first-order chi connectivity index (χ1) is 22.2. The van der Waals surface area contributed by atoms with Gasteiger partial charge in [0.1, 0.15) is 11.6 Å². The van der Waals surface area contributed by atoms with Crippen molar-refractivity contribution < 1.29 is 38.9 Å². The highest BCUT2D eigenvalue weighted by atomic mass is 33.1. The normalized spacial score (nSPS) is 33.5. The van der Waals surface area contributed by atoms with Crippen LogP contribution in [0.2, 0.25) is 0 Å². The number of hydrogen-bond acceptors (Lipinski definition) is 10. The van der Waals surface area contributed by atoms with E-state index >= 15 is 0 Å². The summed E-state index contributed by atoms with van der Waals surface area (Å²) in [6.07, 6.45) is 14.7. The number of amides is 2. The Morgan fingerprint density at radius 1 is 0.783 bits per heavy atom. The Kier molecular flexibility index (Phi) is 9.81. The van der Waals surface area contributed by atoms with Crippen molar-refractivity contribution >= 4 is 45.0 Å². The standard InChI is InChI=1S/C34H44N2O8S2/c1-3-5-7-9-23(37)15-27(39)25-11-13-43-19-21-17-33-32(42)36-30-22(18-34(36,46-45-33)31(41)35(33)29(21)25)20-44-14-12-26(30)28(40)16-24(38)10-8-6-4-2/h11-14,19-20,23-26,29-30,37-38H,3-10,15-18H2,1-2H3/t23-,24-,25+,26+,29-,30-,33+,34+/m0/s1. The van der Waals surface area contributed by atoms with Crippen LogP contribution in [0.4, 0.5) is 0 Å². The van der Waals surface area contributed by atoms with Crippen LogP contribution in [0.3, 0.4) is 0 Å². The van der Waals surface area contributed by atoms with Crippen molar-refractivity contribution in [2.45, 2.75) is 125 Å². The van der Waals surface area contributed by atoms with Crippen LogP contribution in [-0.4, -0.2) is 77.4 Å². The second-order valence-corrected chi connectivity index (χ2v) is 16.0. The van der Waals surface area contributed by atoms with Gasteiger partial charge in [0.25, 0.3) is 11.8 Å². The molecule has 2 bridgehead atoms. The molecule has 2 amide bonds. The smallest absolute Gasteiger partial charge is 0.262 e. The molecule has 0 saturated carbocycles. The molecule has 0 aromatic heterocycles. The Morgan fingerprint density at radius 2 is 1.20 bits per heavy atom. The number of unbranched alkanes of at least 4 members (excludes halogenated alkanes) is 4. The second-order valence-electron chi connectivity index (χ2n) is 13.3. The van der Waals surface area contributed by atoms with E-state index in [1.165, 1.54) is 34.1 Å². The van der Waals surface area contributed by atoms with E-state index in [-0.39, 0.29) is 49.1 Å². The van der Waals surface area contributed by atoms with Gasteiger partial charge in [0, 0.05) is 25.7 Å². The highest BCUT2D eigenvalue weighted by Gasteiger charge is 2.77. The molecule has 0 aliphatic carbocycles. The summed E-state index contributed by atoms with van der Waals surface area (Å²) in [5.74, 6) is -2.50. The molecule has 0 aromatic carbocycles. The number of aliphatic hydroxyl groups excluding tert-OH is 2. The molecule has 7 aliphatic heterocycles. The van der Waals surface area contributed by atoms with Gasteiger partial charge in [-0.3, -0.25) is 19.2 Å². The first-order valence-electron chi connectivity index (χ1n) is 16.7. The molecule has 46 heavy (non-hydrogen) atoms. The third-order valence-corrected chi connectivity index (χ3v) is 13.7. The summed E-state index contributed by atoms with van der Waals surface area (Å²) in [7, 11) is 2.69. The molecule has 8 atom stereocenters. The number of ether oxygens (including phenoxy) is 2. The first kappa shape index (κ1) is 33.4. The molecule has 0 radical (unpaired) electrons. The molecular formula is C34H44N2O8S2. The van der Waals surface area contributed by atoms with Crippen LogP contribution in [0.5, 0.6) is 0 Å². The molecule has 250 valence electrons. The van der Waals surface area contributed by atoms with Gasteiger partial charge in [0.15, 0.2) is 9.74 Å². The lowest BCUT2D eigenvalue weighted by molar-refractivity contribution is -0.167. The van der Waals surface area contributed by atoms with Crippen molar-refractivity contribution in [3.63, 3.8) is 0 Å². The van der Waals surface area contributed by atoms with Crippen LogP contribution in [0.25, 0.3) is 0 Å². The number of carbonyl (C=O) groups is 4. The zero-order valence-electron chi connectivity index (χ0n) is 26.5. The summed E-state index contributed by atoms with van der Waals surface area (Å²) in [6, 6.07) is -1.44. The molecule has 7 heterocycles. The Bertz CT molecular complexity index is 1280. The molecule has 7 aliphatic rings. The zero-order chi connectivity index (χ0) is 32.6. The molecule has 5 saturated heterocycles. The van der Waals surface area contributed by atoms with E-state index in [2.05, 4.69) is 13.8 Å². The monoisotopic (exact) mass is 672 g/mol. The maximum atomic E-state index is 14.8. The van der Waals surface area contributed by atoms with E-state index in [9.17, 15) is 29.4 Å². The first-order valence-corrected chi connectivity index (χ1v) is 18.8. The average Bonchev–Trinajstić information content (AvgIpc) is 3.35. The SMILES string of the molecule is CCCCC[C@H](O)CC(=O)[C@H]1C=COC=C2C[C@@]34SS[C@]5(CC6=COC=C[C@H](C(=O)C[C@@H](O)CCCCC)[C@H]6N5C3=O)C(=O)N4[C@@H]21. The fraction of sp³-hybridized carbons (Fsp3) is 0.647. The Morgan fingerprint density at radius 3 is 1.59 bits per heavy atom. The minimum Gasteiger partial charge on any atom is -0.473 e. The summed E-state index contributed by atoms with van der Waals surface area (Å²) in [6.45, 7) is 4.16. The summed E-state index contributed by atoms with van der Waals surface area (Å²) < 4.78 is 11.3. The number of piperazine rings is 1. The van der Waals surface area contributed by atoms with E-state index in [1.54, 1.807) is 34.5 Å². The number of rotatable bonds is 14. The molecule has 0 aromatic rings. The number of ketones is 2. The molecule has 2 spiro atoms. The quantitative estimate of drug-likeness (QED) is 0.194. The average molecular weight is 673 g/mol. The van der Waals surface area contributed by atoms with E-state index < -0.39 is 45.9 Å². The van der Waals surface area contributed by atoms with Gasteiger partial charge in [-0.2, -0.15) is 0 Å². The summed E-state index contributed by atoms with van der Waals surface area (Å²) >= 11 is 0. The lowest BCUT2D eigenvalue weighted by Gasteiger charge is -2.58. The van der Waals surface area contributed by atoms with Gasteiger partial charge in [-0.1, -0.05) is 74.0 Å². The third-order valence-electron chi connectivity index (χ3n) is 10.2. The van der Waals surface area contributed by atoms with E-state index in [1.807, 2.05) is 0 Å². The van der Waals surface area contributed by atoms with Gasteiger partial charge in [-0.05, 0) is 36.1 Å². The van der Waals surface area contributed by atoms with Gasteiger partial charge >= 0.3 is 0 Å². The topological polar surface area (TPSA) is 134 Å². The fourth-order valence-corrected chi connectivity index (χ4v) is 11.6. The summed E-state index contributed by atoms with van der Waals surface area (Å²) in [5.41, 5.74) is 1.36. The van der Waals surface area contributed by atoms with Gasteiger partial charge in [0.05, 0.1) is 61.2 Å². The van der Waals surface area contributed by atoms with Crippen molar-refractivity contribution in [3.8, 4) is 0 Å². The van der Waals surface area contributed by atoms with Crippen molar-refractivity contribution in [2.75, 3.05) is 0 Å². The van der Waals surface area contributed by atoms with Crippen LogP contribution in [0.1, 0.15) is 90.9 Å². The molecule has 5 fully saturated rings. The summed E-state index contributed by atoms with van der Waals surface area (Å²) in [4.78, 5) is 57.7. The van der Waals surface area contributed by atoms with Gasteiger partial charge in [0.2, 0.25) is 0 Å². The zero-order valence-corrected chi connectivity index (χ0v) is 28.1. The van der Waals surface area contributed by atoms with Gasteiger partial charge < -0.3 is 29.5 Å². The number of nitrogens with zero attached hydrogens (tertiary/aromatic N) is 2. The molecule has 2 N–H and O–H groups in total. The lowest BCUT2D eigenvalue weighted by atomic mass is 9.87.